The van der Waals surface area contributed by atoms with Gasteiger partial charge in [0.05, 0.1) is 11.2 Å². The number of aliphatic hydroxyl groups is 2. The first-order valence-corrected chi connectivity index (χ1v) is 6.97. The van der Waals surface area contributed by atoms with Crippen molar-refractivity contribution in [3.8, 4) is 0 Å². The summed E-state index contributed by atoms with van der Waals surface area (Å²) < 4.78 is 0. The van der Waals surface area contributed by atoms with Gasteiger partial charge in [0.1, 0.15) is 0 Å². The molecule has 0 spiro atoms. The first-order chi connectivity index (χ1) is 8.10. The zero-order valence-corrected chi connectivity index (χ0v) is 12.4. The number of hydroxylamine groups is 2. The van der Waals surface area contributed by atoms with Gasteiger partial charge in [-0.15, -0.1) is 0 Å². The van der Waals surface area contributed by atoms with Crippen molar-refractivity contribution in [2.24, 2.45) is 0 Å². The summed E-state index contributed by atoms with van der Waals surface area (Å²) in [5.41, 5.74) is -1.25. The SMILES string of the molecule is CC(C)(O)CCCCN([O-])CCCCC(C)(C)O. The van der Waals surface area contributed by atoms with E-state index in [0.717, 1.165) is 43.6 Å². The lowest BCUT2D eigenvalue weighted by molar-refractivity contribution is 0.0670. The van der Waals surface area contributed by atoms with Gasteiger partial charge in [0, 0.05) is 0 Å². The van der Waals surface area contributed by atoms with Gasteiger partial charge in [-0.1, -0.05) is 0 Å². The van der Waals surface area contributed by atoms with E-state index < -0.39 is 11.2 Å². The van der Waals surface area contributed by atoms with Crippen LogP contribution in [0.5, 0.6) is 0 Å². The van der Waals surface area contributed by atoms with Gasteiger partial charge in [0.15, 0.2) is 0 Å². The van der Waals surface area contributed by atoms with Crippen molar-refractivity contribution >= 4 is 0 Å². The number of nitrogens with zero attached hydrogens (tertiary/aromatic N) is 1. The molecule has 0 heterocycles. The lowest BCUT2D eigenvalue weighted by Gasteiger charge is -2.29. The second kappa shape index (κ2) is 8.10. The normalized spacial score (nSPS) is 13.3. The Hall–Kier alpha value is -0.160. The van der Waals surface area contributed by atoms with Crippen LogP contribution in [0.2, 0.25) is 0 Å². The fraction of sp³-hybridized carbons (Fsp3) is 1.00. The minimum atomic E-state index is -0.625. The summed E-state index contributed by atoms with van der Waals surface area (Å²) >= 11 is 0. The molecule has 0 unspecified atom stereocenters. The summed E-state index contributed by atoms with van der Waals surface area (Å²) in [5.74, 6) is 0. The third-order valence-corrected chi connectivity index (χ3v) is 2.89. The molecule has 0 aromatic rings. The molecule has 0 rings (SSSR count). The van der Waals surface area contributed by atoms with Gasteiger partial charge in [0.2, 0.25) is 0 Å². The largest absolute Gasteiger partial charge is 0.785 e. The van der Waals surface area contributed by atoms with E-state index in [-0.39, 0.29) is 0 Å². The molecule has 0 radical (unpaired) electrons. The Kier molecular flexibility index (Phi) is 8.03. The Balaban J connectivity index is 3.41. The summed E-state index contributed by atoms with van der Waals surface area (Å²) in [6.07, 6.45) is 4.90. The smallest absolute Gasteiger partial charge is 0.0591 e. The van der Waals surface area contributed by atoms with Crippen LogP contribution in [0.1, 0.15) is 66.2 Å². The molecule has 0 aliphatic carbocycles. The number of hydrogen-bond acceptors (Lipinski definition) is 4. The van der Waals surface area contributed by atoms with Crippen molar-refractivity contribution in [3.05, 3.63) is 5.21 Å². The van der Waals surface area contributed by atoms with Crippen LogP contribution in [0.15, 0.2) is 0 Å². The minimum absolute atomic E-state index is 0.540. The van der Waals surface area contributed by atoms with Gasteiger partial charge < -0.3 is 20.5 Å². The molecular weight excluding hydrogens is 230 g/mol. The van der Waals surface area contributed by atoms with E-state index in [0.29, 0.717) is 13.1 Å². The average molecular weight is 260 g/mol. The molecule has 0 amide bonds. The second-order valence-electron chi connectivity index (χ2n) is 6.47. The quantitative estimate of drug-likeness (QED) is 0.468. The van der Waals surface area contributed by atoms with Crippen LogP contribution in [-0.4, -0.2) is 39.6 Å². The third kappa shape index (κ3) is 13.9. The van der Waals surface area contributed by atoms with Crippen LogP contribution in [0, 0.1) is 5.21 Å². The first-order valence-electron chi connectivity index (χ1n) is 6.97. The molecule has 4 nitrogen and oxygen atoms in total. The Morgan fingerprint density at radius 3 is 1.39 bits per heavy atom. The Labute approximate surface area is 112 Å². The standard InChI is InChI=1S/C14H30NO3/c1-13(2,16)9-5-7-11-15(18)12-8-6-10-14(3,4)17/h16-17H,5-12H2,1-4H3/q-1. The summed E-state index contributed by atoms with van der Waals surface area (Å²) in [7, 11) is 0. The third-order valence-electron chi connectivity index (χ3n) is 2.89. The van der Waals surface area contributed by atoms with Crippen LogP contribution in [0.3, 0.4) is 0 Å². The molecule has 0 saturated carbocycles. The van der Waals surface area contributed by atoms with E-state index in [4.69, 9.17) is 0 Å². The number of hydrogen-bond donors (Lipinski definition) is 2. The van der Waals surface area contributed by atoms with Crippen molar-refractivity contribution in [2.45, 2.75) is 77.4 Å². The van der Waals surface area contributed by atoms with Gasteiger partial charge >= 0.3 is 0 Å². The van der Waals surface area contributed by atoms with Crippen LogP contribution < -0.4 is 0 Å². The van der Waals surface area contributed by atoms with Gasteiger partial charge in [-0.2, -0.15) is 0 Å². The fourth-order valence-electron chi connectivity index (χ4n) is 1.80. The number of rotatable bonds is 10. The Bertz CT molecular complexity index is 184. The van der Waals surface area contributed by atoms with E-state index >= 15 is 0 Å². The van der Waals surface area contributed by atoms with Crippen LogP contribution in [0.25, 0.3) is 0 Å². The van der Waals surface area contributed by atoms with Crippen molar-refractivity contribution in [1.29, 1.82) is 0 Å². The highest BCUT2D eigenvalue weighted by Gasteiger charge is 2.12. The van der Waals surface area contributed by atoms with Crippen molar-refractivity contribution < 1.29 is 10.2 Å². The molecule has 0 fully saturated rings. The molecule has 4 heteroatoms. The summed E-state index contributed by atoms with van der Waals surface area (Å²) in [6.45, 7) is 8.24. The van der Waals surface area contributed by atoms with Crippen molar-refractivity contribution in [1.82, 2.24) is 5.06 Å². The lowest BCUT2D eigenvalue weighted by atomic mass is 10.0. The highest BCUT2D eigenvalue weighted by Crippen LogP contribution is 2.13. The van der Waals surface area contributed by atoms with E-state index in [9.17, 15) is 15.4 Å². The molecule has 110 valence electrons. The highest BCUT2D eigenvalue weighted by atomic mass is 16.5. The molecule has 0 aromatic carbocycles. The molecule has 0 aliphatic rings. The molecule has 18 heavy (non-hydrogen) atoms. The van der Waals surface area contributed by atoms with Gasteiger partial charge in [-0.3, -0.25) is 0 Å². The van der Waals surface area contributed by atoms with Crippen LogP contribution >= 0.6 is 0 Å². The topological polar surface area (TPSA) is 66.8 Å². The molecule has 2 N–H and O–H groups in total. The summed E-state index contributed by atoms with van der Waals surface area (Å²) in [6, 6.07) is 0. The molecule has 0 aromatic heterocycles. The van der Waals surface area contributed by atoms with Crippen molar-refractivity contribution in [3.63, 3.8) is 0 Å². The van der Waals surface area contributed by atoms with Gasteiger partial charge in [-0.25, -0.2) is 0 Å². The maximum Gasteiger partial charge on any atom is 0.0591 e. The Morgan fingerprint density at radius 2 is 1.11 bits per heavy atom. The zero-order valence-electron chi connectivity index (χ0n) is 12.4. The fourth-order valence-corrected chi connectivity index (χ4v) is 1.80. The van der Waals surface area contributed by atoms with Crippen LogP contribution in [0.4, 0.5) is 0 Å². The summed E-state index contributed by atoms with van der Waals surface area (Å²) in [5, 5.41) is 31.6. The molecule has 0 aliphatic heterocycles. The van der Waals surface area contributed by atoms with Gasteiger partial charge in [-0.05, 0) is 79.3 Å². The lowest BCUT2D eigenvalue weighted by Crippen LogP contribution is -2.22. The van der Waals surface area contributed by atoms with Gasteiger partial charge in [0.25, 0.3) is 0 Å². The highest BCUT2D eigenvalue weighted by molar-refractivity contribution is 4.67. The molecule has 0 bridgehead atoms. The van der Waals surface area contributed by atoms with E-state index in [1.54, 1.807) is 27.7 Å². The van der Waals surface area contributed by atoms with Crippen LogP contribution in [-0.2, 0) is 0 Å². The molecule has 0 saturated heterocycles. The second-order valence-corrected chi connectivity index (χ2v) is 6.47. The average Bonchev–Trinajstić information content (AvgIpc) is 2.17. The van der Waals surface area contributed by atoms with E-state index in [1.165, 1.54) is 0 Å². The number of unbranched alkanes of at least 4 members (excludes halogenated alkanes) is 2. The first kappa shape index (κ1) is 17.8. The minimum Gasteiger partial charge on any atom is -0.785 e. The summed E-state index contributed by atoms with van der Waals surface area (Å²) in [4.78, 5) is 0. The monoisotopic (exact) mass is 260 g/mol. The van der Waals surface area contributed by atoms with E-state index in [2.05, 4.69) is 0 Å². The zero-order chi connectivity index (χ0) is 14.2. The maximum absolute atomic E-state index is 11.5. The molecule has 0 atom stereocenters. The van der Waals surface area contributed by atoms with Crippen molar-refractivity contribution in [2.75, 3.05) is 13.1 Å². The molecular formula is C14H30NO3-. The van der Waals surface area contributed by atoms with E-state index in [1.807, 2.05) is 0 Å². The predicted octanol–water partition coefficient (Wildman–Crippen LogP) is 2.67. The Morgan fingerprint density at radius 1 is 0.778 bits per heavy atom. The predicted molar refractivity (Wildman–Crippen MR) is 75.2 cm³/mol. The maximum atomic E-state index is 11.5.